The number of hydrogen-bond donors (Lipinski definition) is 0. The number of hydrogen-bond acceptors (Lipinski definition) is 4. The standard InChI is InChI=1S/C18H18ClNO3/c1-12-8-9-13(2)16(10-12)23-11-14-6-4-5-7-15(14)17(18(19)21)20-22-3/h4-10H,11H2,1-3H3/b20-17+. The highest BCUT2D eigenvalue weighted by Gasteiger charge is 2.16. The minimum Gasteiger partial charge on any atom is -0.489 e. The lowest BCUT2D eigenvalue weighted by molar-refractivity contribution is -0.106. The smallest absolute Gasteiger partial charge is 0.274 e. The Labute approximate surface area is 140 Å². The van der Waals surface area contributed by atoms with E-state index in [1.54, 1.807) is 6.07 Å². The van der Waals surface area contributed by atoms with Crippen LogP contribution in [0.3, 0.4) is 0 Å². The maximum absolute atomic E-state index is 11.6. The average Bonchev–Trinajstić information content (AvgIpc) is 2.53. The second-order valence-corrected chi connectivity index (χ2v) is 5.45. The van der Waals surface area contributed by atoms with Crippen LogP contribution >= 0.6 is 11.6 Å². The van der Waals surface area contributed by atoms with Crippen molar-refractivity contribution in [1.82, 2.24) is 0 Å². The zero-order chi connectivity index (χ0) is 16.8. The summed E-state index contributed by atoms with van der Waals surface area (Å²) in [6.07, 6.45) is 0. The Balaban J connectivity index is 2.29. The van der Waals surface area contributed by atoms with E-state index in [4.69, 9.17) is 21.2 Å². The maximum Gasteiger partial charge on any atom is 0.274 e. The lowest BCUT2D eigenvalue weighted by Gasteiger charge is -2.13. The van der Waals surface area contributed by atoms with Crippen LogP contribution in [0, 0.1) is 13.8 Å². The van der Waals surface area contributed by atoms with Crippen molar-refractivity contribution in [3.8, 4) is 5.75 Å². The summed E-state index contributed by atoms with van der Waals surface area (Å²) in [6.45, 7) is 4.30. The maximum atomic E-state index is 11.6. The van der Waals surface area contributed by atoms with Crippen molar-refractivity contribution in [2.75, 3.05) is 7.11 Å². The lowest BCUT2D eigenvalue weighted by atomic mass is 10.0. The van der Waals surface area contributed by atoms with Crippen LogP contribution in [0.4, 0.5) is 0 Å². The van der Waals surface area contributed by atoms with Crippen LogP contribution < -0.4 is 4.74 Å². The molecular weight excluding hydrogens is 314 g/mol. The second kappa shape index (κ2) is 7.79. The average molecular weight is 332 g/mol. The largest absolute Gasteiger partial charge is 0.489 e. The van der Waals surface area contributed by atoms with E-state index in [0.717, 1.165) is 22.4 Å². The predicted octanol–water partition coefficient (Wildman–Crippen LogP) is 4.00. The number of halogens is 1. The van der Waals surface area contributed by atoms with Crippen molar-refractivity contribution in [1.29, 1.82) is 0 Å². The number of carbonyl (C=O) groups excluding carboxylic acids is 1. The molecule has 0 aliphatic carbocycles. The molecular formula is C18H18ClNO3. The van der Waals surface area contributed by atoms with Gasteiger partial charge in [0.05, 0.1) is 0 Å². The van der Waals surface area contributed by atoms with Crippen LogP contribution in [0.2, 0.25) is 0 Å². The summed E-state index contributed by atoms with van der Waals surface area (Å²) < 4.78 is 5.90. The van der Waals surface area contributed by atoms with Crippen molar-refractivity contribution in [2.45, 2.75) is 20.5 Å². The summed E-state index contributed by atoms with van der Waals surface area (Å²) in [5, 5.41) is 3.05. The normalized spacial score (nSPS) is 11.2. The van der Waals surface area contributed by atoms with Gasteiger partial charge in [-0.3, -0.25) is 4.79 Å². The first-order chi connectivity index (χ1) is 11.0. The van der Waals surface area contributed by atoms with Crippen LogP contribution in [0.25, 0.3) is 0 Å². The van der Waals surface area contributed by atoms with Gasteiger partial charge in [-0.1, -0.05) is 41.6 Å². The molecule has 4 nitrogen and oxygen atoms in total. The van der Waals surface area contributed by atoms with Crippen LogP contribution in [0.15, 0.2) is 47.6 Å². The summed E-state index contributed by atoms with van der Waals surface area (Å²) in [7, 11) is 1.37. The minimum atomic E-state index is -0.675. The van der Waals surface area contributed by atoms with E-state index in [9.17, 15) is 4.79 Å². The summed E-state index contributed by atoms with van der Waals surface area (Å²) >= 11 is 5.60. The summed E-state index contributed by atoms with van der Waals surface area (Å²) in [5.74, 6) is 0.808. The third-order valence-corrected chi connectivity index (χ3v) is 3.55. The van der Waals surface area contributed by atoms with E-state index in [2.05, 4.69) is 5.16 Å². The van der Waals surface area contributed by atoms with E-state index in [1.165, 1.54) is 7.11 Å². The SMILES string of the molecule is CO/N=C(/C(=O)Cl)c1ccccc1COc1cc(C)ccc1C. The highest BCUT2D eigenvalue weighted by molar-refractivity contribution is 6.84. The zero-order valence-electron chi connectivity index (χ0n) is 13.3. The molecule has 0 radical (unpaired) electrons. The molecule has 120 valence electrons. The van der Waals surface area contributed by atoms with Crippen molar-refractivity contribution >= 4 is 22.6 Å². The van der Waals surface area contributed by atoms with Gasteiger partial charge in [0.15, 0.2) is 5.71 Å². The van der Waals surface area contributed by atoms with Crippen molar-refractivity contribution in [3.63, 3.8) is 0 Å². The first-order valence-corrected chi connectivity index (χ1v) is 7.50. The number of oxime groups is 1. The van der Waals surface area contributed by atoms with Gasteiger partial charge in [-0.05, 0) is 48.2 Å². The monoisotopic (exact) mass is 331 g/mol. The Hall–Kier alpha value is -2.33. The van der Waals surface area contributed by atoms with E-state index < -0.39 is 5.24 Å². The van der Waals surface area contributed by atoms with Crippen LogP contribution in [0.5, 0.6) is 5.75 Å². The minimum absolute atomic E-state index is 0.0642. The molecule has 0 N–H and O–H groups in total. The van der Waals surface area contributed by atoms with Crippen LogP contribution in [-0.2, 0) is 16.2 Å². The van der Waals surface area contributed by atoms with Gasteiger partial charge in [-0.2, -0.15) is 0 Å². The molecule has 0 spiro atoms. The van der Waals surface area contributed by atoms with Gasteiger partial charge in [-0.15, -0.1) is 0 Å². The topological polar surface area (TPSA) is 47.9 Å². The second-order valence-electron chi connectivity index (χ2n) is 5.11. The number of carbonyl (C=O) groups is 1. The molecule has 0 fully saturated rings. The third-order valence-electron chi connectivity index (χ3n) is 3.37. The molecule has 0 aliphatic rings. The molecule has 23 heavy (non-hydrogen) atoms. The molecule has 0 atom stereocenters. The van der Waals surface area contributed by atoms with Gasteiger partial charge >= 0.3 is 0 Å². The molecule has 2 aromatic carbocycles. The van der Waals surface area contributed by atoms with Gasteiger partial charge in [-0.25, -0.2) is 0 Å². The van der Waals surface area contributed by atoms with Gasteiger partial charge < -0.3 is 9.57 Å². The first-order valence-electron chi connectivity index (χ1n) is 7.12. The van der Waals surface area contributed by atoms with Crippen molar-refractivity contribution in [3.05, 3.63) is 64.7 Å². The molecule has 2 rings (SSSR count). The van der Waals surface area contributed by atoms with E-state index >= 15 is 0 Å². The Bertz CT molecular complexity index is 741. The highest BCUT2D eigenvalue weighted by atomic mass is 35.5. The fourth-order valence-electron chi connectivity index (χ4n) is 2.18. The first kappa shape index (κ1) is 17.0. The molecule has 0 aromatic heterocycles. The Morgan fingerprint density at radius 2 is 1.91 bits per heavy atom. The third kappa shape index (κ3) is 4.33. The summed E-state index contributed by atoms with van der Waals surface area (Å²) in [5.41, 5.74) is 3.64. The van der Waals surface area contributed by atoms with Crippen molar-refractivity contribution in [2.24, 2.45) is 5.16 Å². The Kier molecular flexibility index (Phi) is 5.77. The van der Waals surface area contributed by atoms with E-state index in [0.29, 0.717) is 12.2 Å². The van der Waals surface area contributed by atoms with E-state index in [1.807, 2.05) is 50.2 Å². The van der Waals surface area contributed by atoms with Gasteiger partial charge in [0.25, 0.3) is 5.24 Å². The molecule has 0 heterocycles. The molecule has 0 saturated heterocycles. The fourth-order valence-corrected chi connectivity index (χ4v) is 2.31. The van der Waals surface area contributed by atoms with Gasteiger partial charge in [0.1, 0.15) is 19.5 Å². The number of ether oxygens (including phenoxy) is 1. The van der Waals surface area contributed by atoms with Gasteiger partial charge in [0, 0.05) is 5.56 Å². The molecule has 5 heteroatoms. The highest BCUT2D eigenvalue weighted by Crippen LogP contribution is 2.22. The molecule has 0 saturated carbocycles. The Morgan fingerprint density at radius 3 is 2.61 bits per heavy atom. The van der Waals surface area contributed by atoms with Crippen LogP contribution in [-0.4, -0.2) is 18.1 Å². The number of benzene rings is 2. The summed E-state index contributed by atoms with van der Waals surface area (Å²) in [4.78, 5) is 16.3. The van der Waals surface area contributed by atoms with Crippen LogP contribution in [0.1, 0.15) is 22.3 Å². The number of nitrogens with zero attached hydrogens (tertiary/aromatic N) is 1. The number of rotatable bonds is 6. The summed E-state index contributed by atoms with van der Waals surface area (Å²) in [6, 6.07) is 13.3. The van der Waals surface area contributed by atoms with E-state index in [-0.39, 0.29) is 5.71 Å². The molecule has 0 amide bonds. The number of aryl methyl sites for hydroxylation is 2. The predicted molar refractivity (Wildman–Crippen MR) is 91.1 cm³/mol. The quantitative estimate of drug-likeness (QED) is 0.456. The molecule has 0 bridgehead atoms. The molecule has 0 unspecified atom stereocenters. The van der Waals surface area contributed by atoms with Crippen molar-refractivity contribution < 1.29 is 14.4 Å². The lowest BCUT2D eigenvalue weighted by Crippen LogP contribution is -2.14. The molecule has 2 aromatic rings. The van der Waals surface area contributed by atoms with Gasteiger partial charge in [0.2, 0.25) is 0 Å². The fraction of sp³-hybridized carbons (Fsp3) is 0.222. The Morgan fingerprint density at radius 1 is 1.17 bits per heavy atom. The zero-order valence-corrected chi connectivity index (χ0v) is 14.1. The molecule has 0 aliphatic heterocycles.